The summed E-state index contributed by atoms with van der Waals surface area (Å²) in [5.41, 5.74) is 0. The van der Waals surface area contributed by atoms with Crippen LogP contribution in [0.1, 0.15) is 46.0 Å². The summed E-state index contributed by atoms with van der Waals surface area (Å²) in [6.07, 6.45) is 6.68. The normalized spacial score (nSPS) is 25.4. The maximum absolute atomic E-state index is 11.1. The molecule has 94 valence electrons. The zero-order chi connectivity index (χ0) is 11.8. The lowest BCUT2D eigenvalue weighted by Gasteiger charge is -2.27. The Morgan fingerprint density at radius 3 is 2.38 bits per heavy atom. The molecule has 0 aliphatic heterocycles. The zero-order valence-corrected chi connectivity index (χ0v) is 10.6. The summed E-state index contributed by atoms with van der Waals surface area (Å²) in [6, 6.07) is 0. The first-order valence-electron chi connectivity index (χ1n) is 6.62. The molecule has 0 saturated heterocycles. The van der Waals surface area contributed by atoms with Crippen LogP contribution in [0.4, 0.5) is 0 Å². The van der Waals surface area contributed by atoms with Crippen LogP contribution in [0, 0.1) is 11.8 Å². The molecule has 0 atom stereocenters. The van der Waals surface area contributed by atoms with Gasteiger partial charge in [0.15, 0.2) is 0 Å². The number of hydrogen-bond acceptors (Lipinski definition) is 3. The van der Waals surface area contributed by atoms with Gasteiger partial charge in [-0.05, 0) is 38.1 Å². The Kier molecular flexibility index (Phi) is 6.46. The Morgan fingerprint density at radius 1 is 1.19 bits per heavy atom. The maximum atomic E-state index is 11.1. The highest BCUT2D eigenvalue weighted by Gasteiger charge is 2.19. The van der Waals surface area contributed by atoms with E-state index in [1.165, 1.54) is 32.1 Å². The maximum Gasteiger partial charge on any atom is 0.319 e. The van der Waals surface area contributed by atoms with E-state index in [0.29, 0.717) is 13.2 Å². The number of esters is 1. The van der Waals surface area contributed by atoms with Crippen molar-refractivity contribution in [3.05, 3.63) is 0 Å². The van der Waals surface area contributed by atoms with E-state index in [1.54, 1.807) is 0 Å². The third kappa shape index (κ3) is 4.97. The van der Waals surface area contributed by atoms with Crippen molar-refractivity contribution < 1.29 is 9.53 Å². The van der Waals surface area contributed by atoms with Gasteiger partial charge >= 0.3 is 5.97 Å². The van der Waals surface area contributed by atoms with Gasteiger partial charge in [-0.15, -0.1) is 0 Å². The second-order valence-electron chi connectivity index (χ2n) is 4.73. The van der Waals surface area contributed by atoms with E-state index in [4.69, 9.17) is 4.74 Å². The second kappa shape index (κ2) is 7.66. The van der Waals surface area contributed by atoms with Crippen LogP contribution in [0.25, 0.3) is 0 Å². The summed E-state index contributed by atoms with van der Waals surface area (Å²) >= 11 is 0. The fourth-order valence-electron chi connectivity index (χ4n) is 2.43. The minimum Gasteiger partial charge on any atom is -0.465 e. The number of hydrogen-bond donors (Lipinski definition) is 1. The highest BCUT2D eigenvalue weighted by Crippen LogP contribution is 2.29. The number of carbonyl (C=O) groups is 1. The van der Waals surface area contributed by atoms with Gasteiger partial charge in [0.25, 0.3) is 0 Å². The van der Waals surface area contributed by atoms with Gasteiger partial charge in [-0.2, -0.15) is 0 Å². The average molecular weight is 227 g/mol. The molecule has 0 bridgehead atoms. The number of nitrogens with one attached hydrogen (secondary N) is 1. The van der Waals surface area contributed by atoms with E-state index in [-0.39, 0.29) is 5.97 Å². The van der Waals surface area contributed by atoms with Crippen LogP contribution in [-0.4, -0.2) is 25.7 Å². The van der Waals surface area contributed by atoms with Crippen LogP contribution < -0.4 is 5.32 Å². The quantitative estimate of drug-likeness (QED) is 0.708. The van der Waals surface area contributed by atoms with E-state index in [2.05, 4.69) is 12.2 Å². The van der Waals surface area contributed by atoms with Gasteiger partial charge < -0.3 is 10.1 Å². The first-order valence-corrected chi connectivity index (χ1v) is 6.62. The van der Waals surface area contributed by atoms with E-state index in [1.807, 2.05) is 6.92 Å². The predicted octanol–water partition coefficient (Wildman–Crippen LogP) is 2.36. The van der Waals surface area contributed by atoms with Gasteiger partial charge in [-0.25, -0.2) is 0 Å². The largest absolute Gasteiger partial charge is 0.465 e. The summed E-state index contributed by atoms with van der Waals surface area (Å²) in [7, 11) is 0. The molecule has 1 rings (SSSR count). The molecule has 0 aromatic heterocycles. The van der Waals surface area contributed by atoms with E-state index >= 15 is 0 Å². The van der Waals surface area contributed by atoms with Crippen molar-refractivity contribution in [1.29, 1.82) is 0 Å². The van der Waals surface area contributed by atoms with Crippen LogP contribution in [0.2, 0.25) is 0 Å². The van der Waals surface area contributed by atoms with Gasteiger partial charge in [0.2, 0.25) is 0 Å². The van der Waals surface area contributed by atoms with E-state index < -0.39 is 0 Å². The SMILES string of the molecule is CCOC(=O)CNCC1CCC(CC)CC1. The topological polar surface area (TPSA) is 38.3 Å². The van der Waals surface area contributed by atoms with Crippen molar-refractivity contribution in [3.63, 3.8) is 0 Å². The second-order valence-corrected chi connectivity index (χ2v) is 4.73. The summed E-state index contributed by atoms with van der Waals surface area (Å²) in [6.45, 7) is 5.92. The average Bonchev–Trinajstić information content (AvgIpc) is 2.30. The lowest BCUT2D eigenvalue weighted by atomic mass is 9.81. The van der Waals surface area contributed by atoms with Gasteiger partial charge in [0.05, 0.1) is 13.2 Å². The van der Waals surface area contributed by atoms with Crippen molar-refractivity contribution in [2.45, 2.75) is 46.0 Å². The molecule has 1 aliphatic rings. The lowest BCUT2D eigenvalue weighted by molar-refractivity contribution is -0.142. The van der Waals surface area contributed by atoms with Gasteiger partial charge in [0.1, 0.15) is 0 Å². The summed E-state index contributed by atoms with van der Waals surface area (Å²) < 4.78 is 4.86. The Hall–Kier alpha value is -0.570. The molecule has 0 aromatic carbocycles. The first kappa shape index (κ1) is 13.5. The highest BCUT2D eigenvalue weighted by atomic mass is 16.5. The van der Waals surface area contributed by atoms with Crippen LogP contribution in [0.5, 0.6) is 0 Å². The third-order valence-corrected chi connectivity index (χ3v) is 3.55. The fourth-order valence-corrected chi connectivity index (χ4v) is 2.43. The number of carbonyl (C=O) groups excluding carboxylic acids is 1. The van der Waals surface area contributed by atoms with Crippen molar-refractivity contribution in [2.75, 3.05) is 19.7 Å². The zero-order valence-electron chi connectivity index (χ0n) is 10.6. The molecular formula is C13H25NO2. The van der Waals surface area contributed by atoms with Crippen molar-refractivity contribution in [2.24, 2.45) is 11.8 Å². The van der Waals surface area contributed by atoms with Crippen LogP contribution in [0.3, 0.4) is 0 Å². The van der Waals surface area contributed by atoms with Gasteiger partial charge in [-0.3, -0.25) is 4.79 Å². The van der Waals surface area contributed by atoms with Crippen LogP contribution in [0.15, 0.2) is 0 Å². The highest BCUT2D eigenvalue weighted by molar-refractivity contribution is 5.71. The number of ether oxygens (including phenoxy) is 1. The van der Waals surface area contributed by atoms with Crippen molar-refractivity contribution in [1.82, 2.24) is 5.32 Å². The van der Waals surface area contributed by atoms with E-state index in [0.717, 1.165) is 18.4 Å². The molecule has 0 amide bonds. The predicted molar refractivity (Wildman–Crippen MR) is 65.2 cm³/mol. The molecule has 0 heterocycles. The van der Waals surface area contributed by atoms with Gasteiger partial charge in [0, 0.05) is 0 Å². The van der Waals surface area contributed by atoms with E-state index in [9.17, 15) is 4.79 Å². The molecule has 3 heteroatoms. The van der Waals surface area contributed by atoms with Crippen LogP contribution >= 0.6 is 0 Å². The summed E-state index contributed by atoms with van der Waals surface area (Å²) in [4.78, 5) is 11.1. The smallest absolute Gasteiger partial charge is 0.319 e. The van der Waals surface area contributed by atoms with Crippen LogP contribution in [-0.2, 0) is 9.53 Å². The molecule has 1 aliphatic carbocycles. The molecule has 1 fully saturated rings. The molecule has 1 N–H and O–H groups in total. The van der Waals surface area contributed by atoms with Gasteiger partial charge in [-0.1, -0.05) is 26.2 Å². The number of rotatable bonds is 6. The molecule has 3 nitrogen and oxygen atoms in total. The molecule has 1 saturated carbocycles. The molecule has 0 aromatic rings. The first-order chi connectivity index (χ1) is 7.76. The van der Waals surface area contributed by atoms with Crippen molar-refractivity contribution in [3.8, 4) is 0 Å². The standard InChI is InChI=1S/C13H25NO2/c1-3-11-5-7-12(8-6-11)9-14-10-13(15)16-4-2/h11-12,14H,3-10H2,1-2H3. The Bertz CT molecular complexity index is 198. The Morgan fingerprint density at radius 2 is 1.81 bits per heavy atom. The van der Waals surface area contributed by atoms with Crippen molar-refractivity contribution >= 4 is 5.97 Å². The molecular weight excluding hydrogens is 202 g/mol. The molecule has 16 heavy (non-hydrogen) atoms. The monoisotopic (exact) mass is 227 g/mol. The minimum absolute atomic E-state index is 0.134. The Balaban J connectivity index is 2.04. The minimum atomic E-state index is -0.134. The Labute approximate surface area is 98.9 Å². The third-order valence-electron chi connectivity index (χ3n) is 3.55. The summed E-state index contributed by atoms with van der Waals surface area (Å²) in [5, 5.41) is 3.20. The summed E-state index contributed by atoms with van der Waals surface area (Å²) in [5.74, 6) is 1.57. The molecule has 0 spiro atoms. The fraction of sp³-hybridized carbons (Fsp3) is 0.923. The molecule has 0 radical (unpaired) electrons. The molecule has 0 unspecified atom stereocenters. The lowest BCUT2D eigenvalue weighted by Crippen LogP contribution is -2.31.